The second-order valence-electron chi connectivity index (χ2n) is 8.00. The van der Waals surface area contributed by atoms with Gasteiger partial charge in [0.15, 0.2) is 0 Å². The molecule has 2 aromatic carbocycles. The minimum atomic E-state index is -3.50. The first kappa shape index (κ1) is 22.3. The average Bonchev–Trinajstić information content (AvgIpc) is 3.03. The van der Waals surface area contributed by atoms with Crippen molar-refractivity contribution in [3.8, 4) is 5.75 Å². The summed E-state index contributed by atoms with van der Waals surface area (Å²) in [4.78, 5) is 13.0. The highest BCUT2D eigenvalue weighted by atomic mass is 32.2. The molecule has 1 heterocycles. The number of hydrogen-bond donors (Lipinski definition) is 1. The van der Waals surface area contributed by atoms with Gasteiger partial charge in [0.1, 0.15) is 5.75 Å². The van der Waals surface area contributed by atoms with Gasteiger partial charge in [0.2, 0.25) is 10.0 Å². The number of sulfonamides is 1. The number of amides is 1. The van der Waals surface area contributed by atoms with Crippen molar-refractivity contribution < 1.29 is 17.9 Å². The fourth-order valence-corrected chi connectivity index (χ4v) is 4.89. The number of hydrogen-bond acceptors (Lipinski definition) is 4. The first-order valence-corrected chi connectivity index (χ1v) is 12.0. The minimum Gasteiger partial charge on any atom is -0.492 e. The third-order valence-corrected chi connectivity index (χ3v) is 6.93. The molecule has 0 atom stereocenters. The normalized spacial score (nSPS) is 15.6. The number of carbonyl (C=O) groups excluding carboxylic acids is 1. The van der Waals surface area contributed by atoms with E-state index in [0.717, 1.165) is 25.7 Å². The summed E-state index contributed by atoms with van der Waals surface area (Å²) < 4.78 is 33.1. The topological polar surface area (TPSA) is 75.7 Å². The third-order valence-electron chi connectivity index (χ3n) is 5.02. The molecule has 30 heavy (non-hydrogen) atoms. The van der Waals surface area contributed by atoms with E-state index in [-0.39, 0.29) is 10.8 Å². The van der Waals surface area contributed by atoms with Gasteiger partial charge >= 0.3 is 0 Å². The van der Waals surface area contributed by atoms with Gasteiger partial charge in [-0.1, -0.05) is 38.8 Å². The van der Waals surface area contributed by atoms with Crippen molar-refractivity contribution in [2.24, 2.45) is 5.92 Å². The maximum Gasteiger partial charge on any atom is 0.259 e. The minimum absolute atomic E-state index is 0.253. The lowest BCUT2D eigenvalue weighted by atomic mass is 10.1. The summed E-state index contributed by atoms with van der Waals surface area (Å²) >= 11 is 0. The van der Waals surface area contributed by atoms with Gasteiger partial charge in [-0.3, -0.25) is 4.79 Å². The molecular formula is C23H30N2O4S. The van der Waals surface area contributed by atoms with Crippen LogP contribution in [0.3, 0.4) is 0 Å². The van der Waals surface area contributed by atoms with Gasteiger partial charge in [-0.25, -0.2) is 8.42 Å². The summed E-state index contributed by atoms with van der Waals surface area (Å²) in [7, 11) is -3.50. The van der Waals surface area contributed by atoms with Crippen LogP contribution < -0.4 is 10.1 Å². The van der Waals surface area contributed by atoms with Crippen LogP contribution in [-0.2, 0) is 10.0 Å². The van der Waals surface area contributed by atoms with Crippen LogP contribution in [0.4, 0.5) is 5.69 Å². The first-order valence-electron chi connectivity index (χ1n) is 10.5. The fourth-order valence-electron chi connectivity index (χ4n) is 3.38. The number of anilines is 1. The van der Waals surface area contributed by atoms with Gasteiger partial charge in [-0.15, -0.1) is 0 Å². The van der Waals surface area contributed by atoms with Crippen molar-refractivity contribution in [1.29, 1.82) is 0 Å². The highest BCUT2D eigenvalue weighted by Crippen LogP contribution is 2.23. The predicted octanol–water partition coefficient (Wildman–Crippen LogP) is 4.54. The highest BCUT2D eigenvalue weighted by Gasteiger charge is 2.25. The smallest absolute Gasteiger partial charge is 0.259 e. The molecule has 6 nitrogen and oxygen atoms in total. The van der Waals surface area contributed by atoms with Crippen LogP contribution in [0.1, 0.15) is 49.9 Å². The van der Waals surface area contributed by atoms with E-state index in [1.807, 2.05) is 19.9 Å². The molecule has 162 valence electrons. The molecule has 1 N–H and O–H groups in total. The van der Waals surface area contributed by atoms with Crippen LogP contribution in [0.2, 0.25) is 0 Å². The Hall–Kier alpha value is -2.38. The van der Waals surface area contributed by atoms with Crippen molar-refractivity contribution in [3.05, 3.63) is 54.1 Å². The summed E-state index contributed by atoms with van der Waals surface area (Å²) in [6, 6.07) is 13.5. The van der Waals surface area contributed by atoms with E-state index in [4.69, 9.17) is 4.74 Å². The molecule has 1 saturated heterocycles. The molecule has 1 fully saturated rings. The van der Waals surface area contributed by atoms with E-state index < -0.39 is 10.0 Å². The van der Waals surface area contributed by atoms with Crippen molar-refractivity contribution in [2.45, 2.75) is 44.4 Å². The quantitative estimate of drug-likeness (QED) is 0.700. The SMILES string of the molecule is CC(C)COc1ccccc1C(=O)Nc1ccc(S(=O)(=O)N2CCCCCC2)cc1. The largest absolute Gasteiger partial charge is 0.492 e. The number of rotatable bonds is 7. The van der Waals surface area contributed by atoms with Crippen molar-refractivity contribution >= 4 is 21.6 Å². The Morgan fingerprint density at radius 2 is 1.63 bits per heavy atom. The van der Waals surface area contributed by atoms with E-state index in [1.54, 1.807) is 46.8 Å². The van der Waals surface area contributed by atoms with E-state index in [9.17, 15) is 13.2 Å². The summed E-state index contributed by atoms with van der Waals surface area (Å²) in [6.07, 6.45) is 3.93. The molecule has 0 bridgehead atoms. The molecule has 0 saturated carbocycles. The standard InChI is InChI=1S/C23H30N2O4S/c1-18(2)17-29-22-10-6-5-9-21(22)23(26)24-19-11-13-20(14-12-19)30(27,28)25-15-7-3-4-8-16-25/h5-6,9-14,18H,3-4,7-8,15-17H2,1-2H3,(H,24,26). The van der Waals surface area contributed by atoms with Crippen molar-refractivity contribution in [1.82, 2.24) is 4.31 Å². The van der Waals surface area contributed by atoms with Gasteiger partial charge in [0, 0.05) is 18.8 Å². The fraction of sp³-hybridized carbons (Fsp3) is 0.435. The third kappa shape index (κ3) is 5.61. The lowest BCUT2D eigenvalue weighted by Crippen LogP contribution is -2.31. The molecule has 0 aromatic heterocycles. The number of ether oxygens (including phenoxy) is 1. The Bertz CT molecular complexity index is 947. The number of nitrogens with one attached hydrogen (secondary N) is 1. The van der Waals surface area contributed by atoms with Gasteiger partial charge in [-0.05, 0) is 55.2 Å². The zero-order valence-corrected chi connectivity index (χ0v) is 18.5. The van der Waals surface area contributed by atoms with E-state index in [1.165, 1.54) is 0 Å². The second kappa shape index (κ2) is 10.1. The molecule has 3 rings (SSSR count). The molecule has 1 amide bonds. The van der Waals surface area contributed by atoms with Gasteiger partial charge in [-0.2, -0.15) is 4.31 Å². The predicted molar refractivity (Wildman–Crippen MR) is 118 cm³/mol. The number of nitrogens with zero attached hydrogens (tertiary/aromatic N) is 1. The van der Waals surface area contributed by atoms with Crippen LogP contribution >= 0.6 is 0 Å². The van der Waals surface area contributed by atoms with E-state index in [0.29, 0.717) is 42.6 Å². The summed E-state index contributed by atoms with van der Waals surface area (Å²) in [5, 5.41) is 2.83. The molecule has 0 unspecified atom stereocenters. The lowest BCUT2D eigenvalue weighted by molar-refractivity contribution is 0.102. The van der Waals surface area contributed by atoms with Gasteiger partial charge < -0.3 is 10.1 Å². The molecule has 0 spiro atoms. The molecular weight excluding hydrogens is 400 g/mol. The monoisotopic (exact) mass is 430 g/mol. The Morgan fingerprint density at radius 1 is 1.00 bits per heavy atom. The van der Waals surface area contributed by atoms with Crippen LogP contribution in [0.25, 0.3) is 0 Å². The second-order valence-corrected chi connectivity index (χ2v) is 9.94. The summed E-state index contributed by atoms with van der Waals surface area (Å²) in [5.41, 5.74) is 0.980. The average molecular weight is 431 g/mol. The van der Waals surface area contributed by atoms with Crippen molar-refractivity contribution in [2.75, 3.05) is 25.0 Å². The molecule has 0 radical (unpaired) electrons. The van der Waals surface area contributed by atoms with Crippen LogP contribution in [0.5, 0.6) is 5.75 Å². The summed E-state index contributed by atoms with van der Waals surface area (Å²) in [5.74, 6) is 0.585. The van der Waals surface area contributed by atoms with Crippen LogP contribution in [-0.4, -0.2) is 38.3 Å². The maximum atomic E-state index is 12.9. The lowest BCUT2D eigenvalue weighted by Gasteiger charge is -2.20. The number of para-hydroxylation sites is 1. The Balaban J connectivity index is 1.71. The zero-order valence-electron chi connectivity index (χ0n) is 17.6. The molecule has 0 aliphatic carbocycles. The van der Waals surface area contributed by atoms with E-state index in [2.05, 4.69) is 5.32 Å². The molecule has 7 heteroatoms. The maximum absolute atomic E-state index is 12.9. The Labute approximate surface area is 179 Å². The first-order chi connectivity index (χ1) is 14.4. The highest BCUT2D eigenvalue weighted by molar-refractivity contribution is 7.89. The van der Waals surface area contributed by atoms with Gasteiger partial charge in [0.05, 0.1) is 17.1 Å². The zero-order chi connectivity index (χ0) is 21.6. The van der Waals surface area contributed by atoms with Crippen LogP contribution in [0, 0.1) is 5.92 Å². The van der Waals surface area contributed by atoms with Gasteiger partial charge in [0.25, 0.3) is 5.91 Å². The Kier molecular flexibility index (Phi) is 7.50. The van der Waals surface area contributed by atoms with Crippen molar-refractivity contribution in [3.63, 3.8) is 0 Å². The summed E-state index contributed by atoms with van der Waals surface area (Å²) in [6.45, 7) is 5.74. The molecule has 2 aromatic rings. The molecule has 1 aliphatic heterocycles. The van der Waals surface area contributed by atoms with E-state index >= 15 is 0 Å². The molecule has 1 aliphatic rings. The van der Waals surface area contributed by atoms with Crippen LogP contribution in [0.15, 0.2) is 53.4 Å². The number of benzene rings is 2. The number of carbonyl (C=O) groups is 1. The Morgan fingerprint density at radius 3 is 2.27 bits per heavy atom.